The van der Waals surface area contributed by atoms with Crippen LogP contribution < -0.4 is 15.4 Å². The summed E-state index contributed by atoms with van der Waals surface area (Å²) in [5, 5.41) is 6.51. The van der Waals surface area contributed by atoms with E-state index >= 15 is 0 Å². The number of hydrogen-bond donors (Lipinski definition) is 2. The van der Waals surface area contributed by atoms with Crippen LogP contribution in [0.15, 0.2) is 48.5 Å². The molecule has 0 amide bonds. The summed E-state index contributed by atoms with van der Waals surface area (Å²) in [4.78, 5) is 9.05. The molecule has 8 heteroatoms. The summed E-state index contributed by atoms with van der Waals surface area (Å²) >= 11 is 0. The minimum Gasteiger partial charge on any atom is -0.406 e. The molecule has 0 saturated heterocycles. The largest absolute Gasteiger partial charge is 0.573 e. The predicted molar refractivity (Wildman–Crippen MR) is 117 cm³/mol. The van der Waals surface area contributed by atoms with E-state index in [1.165, 1.54) is 18.2 Å². The molecule has 0 aliphatic rings. The number of halogens is 3. The zero-order valence-electron chi connectivity index (χ0n) is 17.8. The maximum atomic E-state index is 12.6. The monoisotopic (exact) mass is 430 g/mol. The number of nitrogens with zero attached hydrogens (tertiary/aromatic N) is 2. The summed E-state index contributed by atoms with van der Waals surface area (Å²) in [6.07, 6.45) is -3.90. The molecule has 31 heavy (non-hydrogen) atoms. The minimum atomic E-state index is -4.76. The van der Waals surface area contributed by atoms with Crippen molar-refractivity contribution < 1.29 is 17.9 Å². The van der Waals surface area contributed by atoms with E-state index in [0.717, 1.165) is 23.2 Å². The number of aryl methyl sites for hydroxylation is 2. The smallest absolute Gasteiger partial charge is 0.406 e. The first-order valence-corrected chi connectivity index (χ1v) is 9.98. The molecule has 0 unspecified atom stereocenters. The van der Waals surface area contributed by atoms with E-state index in [4.69, 9.17) is 0 Å². The van der Waals surface area contributed by atoms with E-state index < -0.39 is 6.36 Å². The van der Waals surface area contributed by atoms with Crippen LogP contribution in [0.5, 0.6) is 5.75 Å². The lowest BCUT2D eigenvalue weighted by Crippen LogP contribution is -2.17. The molecular formula is C23H25F3N4O. The number of rotatable bonds is 7. The Morgan fingerprint density at radius 2 is 1.71 bits per heavy atom. The highest BCUT2D eigenvalue weighted by atomic mass is 19.4. The Balaban J connectivity index is 2.00. The van der Waals surface area contributed by atoms with E-state index in [1.54, 1.807) is 12.1 Å². The zero-order valence-corrected chi connectivity index (χ0v) is 17.8. The molecule has 0 bridgehead atoms. The third-order valence-electron chi connectivity index (χ3n) is 4.57. The Morgan fingerprint density at radius 1 is 1.00 bits per heavy atom. The average molecular weight is 430 g/mol. The number of nitrogens with one attached hydrogen (secondary N) is 2. The van der Waals surface area contributed by atoms with Gasteiger partial charge in [0.15, 0.2) is 0 Å². The second-order valence-electron chi connectivity index (χ2n) is 7.49. The van der Waals surface area contributed by atoms with Crippen molar-refractivity contribution in [1.82, 2.24) is 9.97 Å². The molecule has 0 fully saturated rings. The highest BCUT2D eigenvalue weighted by molar-refractivity contribution is 5.68. The first-order valence-electron chi connectivity index (χ1n) is 9.98. The molecular weight excluding hydrogens is 405 g/mol. The van der Waals surface area contributed by atoms with Gasteiger partial charge >= 0.3 is 6.36 Å². The van der Waals surface area contributed by atoms with Crippen LogP contribution in [0.2, 0.25) is 0 Å². The van der Waals surface area contributed by atoms with Crippen LogP contribution in [0, 0.1) is 13.8 Å². The highest BCUT2D eigenvalue weighted by Gasteiger charge is 2.31. The van der Waals surface area contributed by atoms with Gasteiger partial charge in [0.2, 0.25) is 5.95 Å². The van der Waals surface area contributed by atoms with Crippen molar-refractivity contribution in [3.63, 3.8) is 0 Å². The van der Waals surface area contributed by atoms with E-state index in [0.29, 0.717) is 23.0 Å². The normalized spacial score (nSPS) is 12.4. The second kappa shape index (κ2) is 9.24. The molecule has 0 radical (unpaired) electrons. The molecule has 3 aromatic rings. The Bertz CT molecular complexity index is 1030. The van der Waals surface area contributed by atoms with Gasteiger partial charge in [0.1, 0.15) is 11.6 Å². The number of benzene rings is 2. The van der Waals surface area contributed by atoms with E-state index in [9.17, 15) is 13.2 Å². The van der Waals surface area contributed by atoms with Crippen molar-refractivity contribution in [2.45, 2.75) is 46.5 Å². The van der Waals surface area contributed by atoms with Gasteiger partial charge < -0.3 is 15.4 Å². The van der Waals surface area contributed by atoms with Crippen molar-refractivity contribution in [1.29, 1.82) is 0 Å². The summed E-state index contributed by atoms with van der Waals surface area (Å²) < 4.78 is 41.9. The van der Waals surface area contributed by atoms with Gasteiger partial charge in [-0.05, 0) is 62.6 Å². The Labute approximate surface area is 179 Å². The quantitative estimate of drug-likeness (QED) is 0.441. The summed E-state index contributed by atoms with van der Waals surface area (Å²) in [5.41, 5.74) is 4.03. The molecule has 2 N–H and O–H groups in total. The lowest BCUT2D eigenvalue weighted by molar-refractivity contribution is -0.274. The molecule has 164 valence electrons. The van der Waals surface area contributed by atoms with Crippen molar-refractivity contribution in [3.05, 3.63) is 59.7 Å². The van der Waals surface area contributed by atoms with Crippen LogP contribution in [0.1, 0.15) is 31.4 Å². The van der Waals surface area contributed by atoms with Gasteiger partial charge in [0.05, 0.1) is 5.69 Å². The molecule has 1 aromatic heterocycles. The SMILES string of the molecule is CC[C@@H](C)Nc1nc(Nc2cc(C)cc(C)c2)cc(-c2cccc(OC(F)(F)F)c2)n1. The molecule has 5 nitrogen and oxygen atoms in total. The predicted octanol–water partition coefficient (Wildman–Crippen LogP) is 6.61. The highest BCUT2D eigenvalue weighted by Crippen LogP contribution is 2.29. The fraction of sp³-hybridized carbons (Fsp3) is 0.304. The molecule has 0 spiro atoms. The lowest BCUT2D eigenvalue weighted by atomic mass is 10.1. The molecule has 0 aliphatic carbocycles. The van der Waals surface area contributed by atoms with Crippen LogP contribution in [-0.4, -0.2) is 22.4 Å². The van der Waals surface area contributed by atoms with Crippen LogP contribution in [0.4, 0.5) is 30.6 Å². The molecule has 3 rings (SSSR count). The van der Waals surface area contributed by atoms with Gasteiger partial charge in [0, 0.05) is 23.4 Å². The average Bonchev–Trinajstić information content (AvgIpc) is 2.65. The van der Waals surface area contributed by atoms with Crippen molar-refractivity contribution in [2.75, 3.05) is 10.6 Å². The maximum Gasteiger partial charge on any atom is 0.573 e. The van der Waals surface area contributed by atoms with Crippen LogP contribution in [0.3, 0.4) is 0 Å². The standard InChI is InChI=1S/C23H25F3N4O/c1-5-16(4)27-22-29-20(17-7-6-8-19(12-17)31-23(24,25)26)13-21(30-22)28-18-10-14(2)9-15(3)11-18/h6-13,16H,5H2,1-4H3,(H2,27,28,29,30)/t16-/m1/s1. The van der Waals surface area contributed by atoms with Gasteiger partial charge in [-0.3, -0.25) is 0 Å². The van der Waals surface area contributed by atoms with Gasteiger partial charge in [-0.15, -0.1) is 13.2 Å². The van der Waals surface area contributed by atoms with E-state index in [-0.39, 0.29) is 11.8 Å². The van der Waals surface area contributed by atoms with Crippen LogP contribution >= 0.6 is 0 Å². The number of ether oxygens (including phenoxy) is 1. The van der Waals surface area contributed by atoms with Crippen molar-refractivity contribution in [2.24, 2.45) is 0 Å². The van der Waals surface area contributed by atoms with Crippen molar-refractivity contribution >= 4 is 17.5 Å². The van der Waals surface area contributed by atoms with Crippen LogP contribution in [0.25, 0.3) is 11.3 Å². The fourth-order valence-electron chi connectivity index (χ4n) is 3.09. The van der Waals surface area contributed by atoms with Crippen LogP contribution in [-0.2, 0) is 0 Å². The van der Waals surface area contributed by atoms with Gasteiger partial charge in [-0.25, -0.2) is 4.98 Å². The van der Waals surface area contributed by atoms with E-state index in [1.807, 2.05) is 39.8 Å². The van der Waals surface area contributed by atoms with E-state index in [2.05, 4.69) is 31.4 Å². The maximum absolute atomic E-state index is 12.6. The molecule has 0 aliphatic heterocycles. The minimum absolute atomic E-state index is 0.129. The first kappa shape index (κ1) is 22.4. The Kier molecular flexibility index (Phi) is 6.68. The second-order valence-corrected chi connectivity index (χ2v) is 7.49. The Morgan fingerprint density at radius 3 is 2.35 bits per heavy atom. The molecule has 1 atom stereocenters. The number of alkyl halides is 3. The zero-order chi connectivity index (χ0) is 22.6. The van der Waals surface area contributed by atoms with Gasteiger partial charge in [-0.1, -0.05) is 25.1 Å². The third-order valence-corrected chi connectivity index (χ3v) is 4.57. The number of aromatic nitrogens is 2. The third kappa shape index (κ3) is 6.60. The summed E-state index contributed by atoms with van der Waals surface area (Å²) in [5.74, 6) is 0.618. The number of anilines is 3. The van der Waals surface area contributed by atoms with Gasteiger partial charge in [0.25, 0.3) is 0 Å². The molecule has 2 aromatic carbocycles. The summed E-state index contributed by atoms with van der Waals surface area (Å²) in [6.45, 7) is 8.05. The van der Waals surface area contributed by atoms with Gasteiger partial charge in [-0.2, -0.15) is 4.98 Å². The fourth-order valence-corrected chi connectivity index (χ4v) is 3.09. The lowest BCUT2D eigenvalue weighted by Gasteiger charge is -2.15. The molecule has 1 heterocycles. The summed E-state index contributed by atoms with van der Waals surface area (Å²) in [7, 11) is 0. The number of hydrogen-bond acceptors (Lipinski definition) is 5. The van der Waals surface area contributed by atoms with Crippen molar-refractivity contribution in [3.8, 4) is 17.0 Å². The molecule has 0 saturated carbocycles. The first-order chi connectivity index (χ1) is 14.6. The topological polar surface area (TPSA) is 59.1 Å². The summed E-state index contributed by atoms with van der Waals surface area (Å²) in [6, 6.07) is 13.6. The Hall–Kier alpha value is -3.29.